The number of halogens is 2. The number of benzene rings is 1. The molecule has 2 saturated heterocycles. The van der Waals surface area contributed by atoms with Crippen molar-refractivity contribution in [3.05, 3.63) is 33.8 Å². The molecule has 3 aliphatic rings. The monoisotopic (exact) mass is 368 g/mol. The zero-order chi connectivity index (χ0) is 16.5. The van der Waals surface area contributed by atoms with Crippen molar-refractivity contribution in [2.45, 2.75) is 31.8 Å². The van der Waals surface area contributed by atoms with E-state index in [4.69, 9.17) is 27.9 Å². The summed E-state index contributed by atoms with van der Waals surface area (Å²) >= 11 is 12.6. The Morgan fingerprint density at radius 3 is 2.46 bits per heavy atom. The Hall–Kier alpha value is -0.320. The summed E-state index contributed by atoms with van der Waals surface area (Å²) in [6.07, 6.45) is 4.11. The van der Waals surface area contributed by atoms with Crippen molar-refractivity contribution in [1.29, 1.82) is 0 Å². The summed E-state index contributed by atoms with van der Waals surface area (Å²) in [6, 6.07) is 6.74. The van der Waals surface area contributed by atoms with Crippen LogP contribution in [0.4, 0.5) is 0 Å². The Balaban J connectivity index is 1.46. The van der Waals surface area contributed by atoms with Gasteiger partial charge < -0.3 is 4.74 Å². The normalized spacial score (nSPS) is 32.0. The van der Waals surface area contributed by atoms with Crippen LogP contribution in [0.3, 0.4) is 0 Å². The molecule has 2 aliphatic heterocycles. The smallest absolute Gasteiger partial charge is 0.0637 e. The van der Waals surface area contributed by atoms with Crippen LogP contribution in [0.2, 0.25) is 10.0 Å². The van der Waals surface area contributed by atoms with E-state index >= 15 is 0 Å². The Morgan fingerprint density at radius 1 is 1.04 bits per heavy atom. The van der Waals surface area contributed by atoms with Crippen LogP contribution in [0, 0.1) is 11.8 Å². The molecule has 1 saturated carbocycles. The van der Waals surface area contributed by atoms with E-state index in [1.165, 1.54) is 32.4 Å². The first-order chi connectivity index (χ1) is 11.7. The summed E-state index contributed by atoms with van der Waals surface area (Å²) in [5.74, 6) is 1.57. The van der Waals surface area contributed by atoms with Crippen molar-refractivity contribution in [2.75, 3.05) is 39.4 Å². The molecule has 3 fully saturated rings. The average Bonchev–Trinajstić information content (AvgIpc) is 2.59. The minimum absolute atomic E-state index is 0.664. The standard InChI is InChI=1S/C19H26Cl2N2O/c20-17-6-2-3-14(18(17)21)11-22-12-15-4-1-5-16(13-22)19(15)23-7-9-24-10-8-23/h2-3,6,15-16,19H,1,4-5,7-13H2/t15-,16+,19?. The van der Waals surface area contributed by atoms with Gasteiger partial charge in [0.25, 0.3) is 0 Å². The van der Waals surface area contributed by atoms with Crippen molar-refractivity contribution in [2.24, 2.45) is 11.8 Å². The van der Waals surface area contributed by atoms with Gasteiger partial charge in [-0.25, -0.2) is 0 Å². The number of fused-ring (bicyclic) bond motifs is 2. The van der Waals surface area contributed by atoms with Gasteiger partial charge in [0.1, 0.15) is 0 Å². The second kappa shape index (κ2) is 7.51. The first kappa shape index (κ1) is 17.1. The minimum Gasteiger partial charge on any atom is -0.379 e. The van der Waals surface area contributed by atoms with Crippen molar-refractivity contribution in [3.63, 3.8) is 0 Å². The molecule has 1 aliphatic carbocycles. The molecule has 3 nitrogen and oxygen atoms in total. The molecule has 2 heterocycles. The van der Waals surface area contributed by atoms with Gasteiger partial charge in [0.2, 0.25) is 0 Å². The summed E-state index contributed by atoms with van der Waals surface area (Å²) in [4.78, 5) is 5.31. The van der Waals surface area contributed by atoms with E-state index in [9.17, 15) is 0 Å². The van der Waals surface area contributed by atoms with Crippen LogP contribution < -0.4 is 0 Å². The molecule has 0 aromatic heterocycles. The molecule has 3 atom stereocenters. The van der Waals surface area contributed by atoms with Crippen molar-refractivity contribution in [3.8, 4) is 0 Å². The van der Waals surface area contributed by atoms with E-state index in [2.05, 4.69) is 15.9 Å². The SMILES string of the molecule is Clc1cccc(CN2C[C@H]3CCC[C@@H](C2)C3N2CCOCC2)c1Cl. The van der Waals surface area contributed by atoms with Gasteiger partial charge in [0.15, 0.2) is 0 Å². The Kier molecular flexibility index (Phi) is 5.35. The number of ether oxygens (including phenoxy) is 1. The number of morpholine rings is 1. The van der Waals surface area contributed by atoms with E-state index in [0.717, 1.165) is 61.3 Å². The van der Waals surface area contributed by atoms with Crippen LogP contribution in [0.1, 0.15) is 24.8 Å². The molecular weight excluding hydrogens is 343 g/mol. The van der Waals surface area contributed by atoms with Gasteiger partial charge in [0, 0.05) is 38.8 Å². The fourth-order valence-electron chi connectivity index (χ4n) is 5.02. The third-order valence-corrected chi connectivity index (χ3v) is 6.85. The summed E-state index contributed by atoms with van der Waals surface area (Å²) < 4.78 is 5.56. The van der Waals surface area contributed by atoms with E-state index in [0.29, 0.717) is 5.02 Å². The largest absolute Gasteiger partial charge is 0.379 e. The first-order valence-electron chi connectivity index (χ1n) is 9.19. The second-order valence-electron chi connectivity index (χ2n) is 7.50. The Labute approximate surface area is 154 Å². The zero-order valence-electron chi connectivity index (χ0n) is 14.1. The third-order valence-electron chi connectivity index (χ3n) is 5.99. The molecular formula is C19H26Cl2N2O. The Morgan fingerprint density at radius 2 is 1.75 bits per heavy atom. The van der Waals surface area contributed by atoms with Crippen molar-refractivity contribution < 1.29 is 4.74 Å². The molecule has 0 radical (unpaired) electrons. The molecule has 132 valence electrons. The van der Waals surface area contributed by atoms with E-state index in [1.807, 2.05) is 12.1 Å². The maximum absolute atomic E-state index is 6.40. The number of likely N-dealkylation sites (tertiary alicyclic amines) is 1. The van der Waals surface area contributed by atoms with Crippen LogP contribution in [0.25, 0.3) is 0 Å². The molecule has 2 bridgehead atoms. The van der Waals surface area contributed by atoms with Gasteiger partial charge in [-0.2, -0.15) is 0 Å². The van der Waals surface area contributed by atoms with Crippen LogP contribution >= 0.6 is 23.2 Å². The highest BCUT2D eigenvalue weighted by Gasteiger charge is 2.42. The maximum Gasteiger partial charge on any atom is 0.0637 e. The van der Waals surface area contributed by atoms with Crippen LogP contribution in [0.5, 0.6) is 0 Å². The van der Waals surface area contributed by atoms with Gasteiger partial charge in [0.05, 0.1) is 23.3 Å². The zero-order valence-corrected chi connectivity index (χ0v) is 15.6. The van der Waals surface area contributed by atoms with Crippen molar-refractivity contribution >= 4 is 23.2 Å². The molecule has 0 spiro atoms. The third kappa shape index (κ3) is 3.47. The number of rotatable bonds is 3. The maximum atomic E-state index is 6.40. The lowest BCUT2D eigenvalue weighted by Gasteiger charge is -2.52. The number of hydrogen-bond donors (Lipinski definition) is 0. The number of piperidine rings is 1. The van der Waals surface area contributed by atoms with Gasteiger partial charge in [-0.15, -0.1) is 0 Å². The first-order valence-corrected chi connectivity index (χ1v) is 9.95. The minimum atomic E-state index is 0.664. The lowest BCUT2D eigenvalue weighted by molar-refractivity contribution is -0.0623. The highest BCUT2D eigenvalue weighted by Crippen LogP contribution is 2.39. The second-order valence-corrected chi connectivity index (χ2v) is 8.28. The summed E-state index contributed by atoms with van der Waals surface area (Å²) in [5.41, 5.74) is 1.16. The molecule has 5 heteroatoms. The molecule has 1 aromatic carbocycles. The number of nitrogens with zero attached hydrogens (tertiary/aromatic N) is 2. The molecule has 0 N–H and O–H groups in total. The number of hydrogen-bond acceptors (Lipinski definition) is 3. The lowest BCUT2D eigenvalue weighted by atomic mass is 9.72. The fourth-order valence-corrected chi connectivity index (χ4v) is 5.40. The summed E-state index contributed by atoms with van der Waals surface area (Å²) in [5, 5.41) is 1.39. The molecule has 0 amide bonds. The summed E-state index contributed by atoms with van der Waals surface area (Å²) in [6.45, 7) is 7.30. The van der Waals surface area contributed by atoms with Gasteiger partial charge >= 0.3 is 0 Å². The quantitative estimate of drug-likeness (QED) is 0.803. The lowest BCUT2D eigenvalue weighted by Crippen LogP contribution is -2.59. The highest BCUT2D eigenvalue weighted by atomic mass is 35.5. The van der Waals surface area contributed by atoms with Gasteiger partial charge in [-0.3, -0.25) is 9.80 Å². The molecule has 24 heavy (non-hydrogen) atoms. The van der Waals surface area contributed by atoms with Crippen molar-refractivity contribution in [1.82, 2.24) is 9.80 Å². The van der Waals surface area contributed by atoms with E-state index in [-0.39, 0.29) is 0 Å². The van der Waals surface area contributed by atoms with E-state index in [1.54, 1.807) is 0 Å². The van der Waals surface area contributed by atoms with Crippen LogP contribution in [-0.2, 0) is 11.3 Å². The summed E-state index contributed by atoms with van der Waals surface area (Å²) in [7, 11) is 0. The van der Waals surface area contributed by atoms with Gasteiger partial charge in [-0.05, 0) is 36.3 Å². The topological polar surface area (TPSA) is 15.7 Å². The van der Waals surface area contributed by atoms with Crippen LogP contribution in [0.15, 0.2) is 18.2 Å². The van der Waals surface area contributed by atoms with Crippen LogP contribution in [-0.4, -0.2) is 55.2 Å². The molecule has 1 aromatic rings. The Bertz CT molecular complexity index is 562. The molecule has 1 unspecified atom stereocenters. The van der Waals surface area contributed by atoms with E-state index < -0.39 is 0 Å². The fraction of sp³-hybridized carbons (Fsp3) is 0.684. The molecule has 4 rings (SSSR count). The average molecular weight is 369 g/mol. The van der Waals surface area contributed by atoms with Gasteiger partial charge in [-0.1, -0.05) is 41.8 Å². The predicted octanol–water partition coefficient (Wildman–Crippen LogP) is 3.93. The predicted molar refractivity (Wildman–Crippen MR) is 98.8 cm³/mol. The highest BCUT2D eigenvalue weighted by molar-refractivity contribution is 6.42.